The van der Waals surface area contributed by atoms with E-state index in [-0.39, 0.29) is 24.4 Å². The Morgan fingerprint density at radius 1 is 0.679 bits per heavy atom. The van der Waals surface area contributed by atoms with Crippen LogP contribution in [0.1, 0.15) is 57.8 Å². The molecule has 0 fully saturated rings. The molecule has 56 heavy (non-hydrogen) atoms. The van der Waals surface area contributed by atoms with E-state index < -0.39 is 6.10 Å². The second-order valence-electron chi connectivity index (χ2n) is 14.1. The normalized spacial score (nSPS) is 12.1. The number of benzene rings is 4. The van der Waals surface area contributed by atoms with Gasteiger partial charge < -0.3 is 35.7 Å². The predicted octanol–water partition coefficient (Wildman–Crippen LogP) is 7.39. The molecule has 10 heteroatoms. The Bertz CT molecular complexity index is 2150. The van der Waals surface area contributed by atoms with E-state index in [2.05, 4.69) is 62.0 Å². The van der Waals surface area contributed by atoms with E-state index >= 15 is 0 Å². The lowest BCUT2D eigenvalue weighted by molar-refractivity contribution is -0.120. The van der Waals surface area contributed by atoms with Crippen molar-refractivity contribution in [1.29, 1.82) is 0 Å². The number of para-hydroxylation sites is 1. The van der Waals surface area contributed by atoms with Crippen LogP contribution < -0.4 is 26.0 Å². The van der Waals surface area contributed by atoms with Crippen molar-refractivity contribution in [2.45, 2.75) is 65.4 Å². The summed E-state index contributed by atoms with van der Waals surface area (Å²) in [5, 5.41) is 23.0. The van der Waals surface area contributed by atoms with Crippen LogP contribution in [0.15, 0.2) is 134 Å². The number of pyridine rings is 1. The number of ether oxygens (including phenoxy) is 1. The molecule has 2 atom stereocenters. The van der Waals surface area contributed by atoms with Gasteiger partial charge in [-0.15, -0.1) is 0 Å². The van der Waals surface area contributed by atoms with Gasteiger partial charge in [0, 0.05) is 55.4 Å². The summed E-state index contributed by atoms with van der Waals surface area (Å²) >= 11 is 0. The molecule has 0 saturated carbocycles. The Hall–Kier alpha value is -6.23. The number of rotatable bonds is 17. The zero-order valence-electron chi connectivity index (χ0n) is 32.2. The molecule has 2 heterocycles. The molecule has 10 nitrogen and oxygen atoms in total. The number of aromatic nitrogens is 2. The minimum absolute atomic E-state index is 0.0565. The van der Waals surface area contributed by atoms with Crippen LogP contribution in [0.3, 0.4) is 0 Å². The highest BCUT2D eigenvalue weighted by Crippen LogP contribution is 2.21. The minimum Gasteiger partial charge on any atom is -0.457 e. The molecule has 0 spiro atoms. The molecule has 0 aliphatic heterocycles. The molecule has 0 bridgehead atoms. The Balaban J connectivity index is 0.868. The first-order chi connectivity index (χ1) is 27.2. The van der Waals surface area contributed by atoms with Crippen molar-refractivity contribution in [3.05, 3.63) is 178 Å². The summed E-state index contributed by atoms with van der Waals surface area (Å²) in [6, 6.07) is 40.9. The van der Waals surface area contributed by atoms with Crippen LogP contribution in [-0.2, 0) is 37.3 Å². The van der Waals surface area contributed by atoms with E-state index in [4.69, 9.17) is 4.74 Å². The first-order valence-corrected chi connectivity index (χ1v) is 19.0. The van der Waals surface area contributed by atoms with Crippen molar-refractivity contribution < 1.29 is 19.4 Å². The fraction of sp³-hybridized carbons (Fsp3) is 0.239. The van der Waals surface area contributed by atoms with Crippen molar-refractivity contribution >= 4 is 11.9 Å². The predicted molar refractivity (Wildman–Crippen MR) is 220 cm³/mol. The molecule has 2 aromatic heterocycles. The third-order valence-electron chi connectivity index (χ3n) is 9.53. The number of aliphatic hydroxyl groups excluding tert-OH is 1. The lowest BCUT2D eigenvalue weighted by Crippen LogP contribution is -2.34. The maximum Gasteiger partial charge on any atom is 0.315 e. The van der Waals surface area contributed by atoms with E-state index in [1.807, 2.05) is 117 Å². The van der Waals surface area contributed by atoms with Crippen LogP contribution in [0.4, 0.5) is 4.79 Å². The molecule has 0 aliphatic rings. The molecule has 0 unspecified atom stereocenters. The third kappa shape index (κ3) is 11.6. The van der Waals surface area contributed by atoms with Gasteiger partial charge in [-0.05, 0) is 97.5 Å². The first kappa shape index (κ1) is 39.5. The van der Waals surface area contributed by atoms with Crippen molar-refractivity contribution in [2.75, 3.05) is 6.54 Å². The molecule has 4 aromatic carbocycles. The maximum absolute atomic E-state index is 12.8. The SMILES string of the molecule is Cc1ccc(C)n1-c1ccc([C@@H](O)CN[C@H](C)Cc2cccc(CC(=O)NCc3ccc(CNC(=O)NCc4ccc(Oc5ccccc5)cc4)cc3)c2)cn1. The summed E-state index contributed by atoms with van der Waals surface area (Å²) in [7, 11) is 0. The zero-order chi connectivity index (χ0) is 39.3. The monoisotopic (exact) mass is 750 g/mol. The zero-order valence-corrected chi connectivity index (χ0v) is 32.2. The Morgan fingerprint density at radius 3 is 1.89 bits per heavy atom. The summed E-state index contributed by atoms with van der Waals surface area (Å²) in [6.45, 7) is 7.78. The first-order valence-electron chi connectivity index (χ1n) is 19.0. The van der Waals surface area contributed by atoms with Crippen molar-refractivity contribution in [3.8, 4) is 17.3 Å². The van der Waals surface area contributed by atoms with Gasteiger partial charge in [0.05, 0.1) is 12.5 Å². The van der Waals surface area contributed by atoms with E-state index in [9.17, 15) is 14.7 Å². The standard InChI is InChI=1S/C46H50N6O4/c1-32(47-31-43(53)40-20-23-44(48-30-40)52-33(2)12-13-34(52)3)24-38-8-7-9-39(25-38)26-45(54)49-27-35-14-16-36(17-15-35)28-50-46(55)51-29-37-18-21-42(22-19-37)56-41-10-5-4-6-11-41/h4-23,25,30,32,43,47,53H,24,26-29,31H2,1-3H3,(H,49,54)(H2,50,51,55)/t32-,43+/m1/s1. The molecule has 0 radical (unpaired) electrons. The molecule has 3 amide bonds. The molecule has 5 N–H and O–H groups in total. The number of carbonyl (C=O) groups is 2. The lowest BCUT2D eigenvalue weighted by Gasteiger charge is -2.18. The molecular weight excluding hydrogens is 701 g/mol. The van der Waals surface area contributed by atoms with E-state index in [1.165, 1.54) is 0 Å². The fourth-order valence-corrected chi connectivity index (χ4v) is 6.43. The second-order valence-corrected chi connectivity index (χ2v) is 14.1. The van der Waals surface area contributed by atoms with Gasteiger partial charge in [-0.25, -0.2) is 9.78 Å². The third-order valence-corrected chi connectivity index (χ3v) is 9.53. The number of carbonyl (C=O) groups excluding carboxylic acids is 2. The minimum atomic E-state index is -0.678. The highest BCUT2D eigenvalue weighted by Gasteiger charge is 2.13. The van der Waals surface area contributed by atoms with Crippen LogP contribution in [-0.4, -0.2) is 39.2 Å². The number of urea groups is 1. The van der Waals surface area contributed by atoms with Gasteiger partial charge in [-0.1, -0.05) is 84.9 Å². The number of aryl methyl sites for hydroxylation is 2. The van der Waals surface area contributed by atoms with Gasteiger partial charge in [0.25, 0.3) is 0 Å². The average molecular weight is 751 g/mol. The van der Waals surface area contributed by atoms with E-state index in [0.717, 1.165) is 68.5 Å². The van der Waals surface area contributed by atoms with Gasteiger partial charge in [-0.2, -0.15) is 0 Å². The molecule has 6 rings (SSSR count). The maximum atomic E-state index is 12.8. The van der Waals surface area contributed by atoms with Crippen molar-refractivity contribution in [2.24, 2.45) is 0 Å². The number of amides is 3. The van der Waals surface area contributed by atoms with Crippen molar-refractivity contribution in [3.63, 3.8) is 0 Å². The summed E-state index contributed by atoms with van der Waals surface area (Å²) in [4.78, 5) is 29.8. The molecule has 288 valence electrons. The van der Waals surface area contributed by atoms with Crippen LogP contribution in [0.25, 0.3) is 5.82 Å². The average Bonchev–Trinajstić information content (AvgIpc) is 3.55. The smallest absolute Gasteiger partial charge is 0.315 e. The van der Waals surface area contributed by atoms with Crippen molar-refractivity contribution in [1.82, 2.24) is 30.8 Å². The van der Waals surface area contributed by atoms with Gasteiger partial charge in [0.1, 0.15) is 17.3 Å². The molecule has 6 aromatic rings. The number of nitrogens with one attached hydrogen (secondary N) is 4. The van der Waals surface area contributed by atoms with E-state index in [1.54, 1.807) is 6.20 Å². The summed E-state index contributed by atoms with van der Waals surface area (Å²) < 4.78 is 7.91. The van der Waals surface area contributed by atoms with E-state index in [0.29, 0.717) is 26.2 Å². The number of aliphatic hydroxyl groups is 1. The van der Waals surface area contributed by atoms with Crippen LogP contribution in [0.5, 0.6) is 11.5 Å². The Labute approximate surface area is 329 Å². The summed E-state index contributed by atoms with van der Waals surface area (Å²) in [6.07, 6.45) is 2.10. The molecular formula is C46H50N6O4. The van der Waals surface area contributed by atoms with Gasteiger partial charge in [0.2, 0.25) is 5.91 Å². The molecule has 0 aliphatic carbocycles. The van der Waals surface area contributed by atoms with Crippen LogP contribution >= 0.6 is 0 Å². The lowest BCUT2D eigenvalue weighted by atomic mass is 10.0. The quantitative estimate of drug-likeness (QED) is 0.0662. The van der Waals surface area contributed by atoms with Crippen LogP contribution in [0.2, 0.25) is 0 Å². The highest BCUT2D eigenvalue weighted by molar-refractivity contribution is 5.78. The largest absolute Gasteiger partial charge is 0.457 e. The number of nitrogens with zero attached hydrogens (tertiary/aromatic N) is 2. The fourth-order valence-electron chi connectivity index (χ4n) is 6.43. The van der Waals surface area contributed by atoms with Gasteiger partial charge >= 0.3 is 6.03 Å². The van der Waals surface area contributed by atoms with Gasteiger partial charge in [0.15, 0.2) is 0 Å². The van der Waals surface area contributed by atoms with Crippen LogP contribution in [0, 0.1) is 13.8 Å². The molecule has 0 saturated heterocycles. The number of hydrogen-bond acceptors (Lipinski definition) is 6. The second kappa shape index (κ2) is 19.4. The summed E-state index contributed by atoms with van der Waals surface area (Å²) in [5.74, 6) is 2.29. The topological polar surface area (TPSA) is 130 Å². The number of hydrogen-bond donors (Lipinski definition) is 5. The Morgan fingerprint density at radius 2 is 1.27 bits per heavy atom. The highest BCUT2D eigenvalue weighted by atomic mass is 16.5. The Kier molecular flexibility index (Phi) is 13.7. The van der Waals surface area contributed by atoms with Gasteiger partial charge in [-0.3, -0.25) is 4.79 Å². The summed E-state index contributed by atoms with van der Waals surface area (Å²) in [5.41, 5.74) is 7.95.